The van der Waals surface area contributed by atoms with E-state index in [0.29, 0.717) is 0 Å². The van der Waals surface area contributed by atoms with E-state index in [9.17, 15) is 28.3 Å². The maximum atomic E-state index is 14.5. The number of nitriles is 1. The number of allylic oxidation sites excluding steroid dienone is 3. The van der Waals surface area contributed by atoms with Crippen molar-refractivity contribution in [3.63, 3.8) is 0 Å². The molecule has 0 unspecified atom stereocenters. The predicted molar refractivity (Wildman–Crippen MR) is 121 cm³/mol. The third-order valence-corrected chi connectivity index (χ3v) is 6.21. The van der Waals surface area contributed by atoms with Crippen molar-refractivity contribution in [2.24, 2.45) is 0 Å². The molecule has 1 saturated carbocycles. The normalized spacial score (nSPS) is 27.3. The van der Waals surface area contributed by atoms with Crippen molar-refractivity contribution in [1.29, 1.82) is 5.26 Å². The van der Waals surface area contributed by atoms with E-state index in [0.717, 1.165) is 6.08 Å². The number of alkyl halides is 2. The van der Waals surface area contributed by atoms with Crippen molar-refractivity contribution in [2.75, 3.05) is 11.9 Å². The fourth-order valence-corrected chi connectivity index (χ4v) is 4.48. The highest BCUT2D eigenvalue weighted by Gasteiger charge is 2.40. The maximum Gasteiger partial charge on any atom is 0.275 e. The van der Waals surface area contributed by atoms with E-state index in [1.54, 1.807) is 0 Å². The molecule has 12 heteroatoms. The molecule has 0 radical (unpaired) electrons. The highest BCUT2D eigenvalue weighted by Crippen LogP contribution is 2.33. The molecule has 2 aromatic rings. The van der Waals surface area contributed by atoms with E-state index in [1.807, 2.05) is 6.07 Å². The first kappa shape index (κ1) is 24.4. The zero-order valence-corrected chi connectivity index (χ0v) is 18.9. The van der Waals surface area contributed by atoms with Crippen molar-refractivity contribution >= 4 is 22.8 Å². The van der Waals surface area contributed by atoms with Crippen molar-refractivity contribution in [2.45, 2.75) is 56.7 Å². The van der Waals surface area contributed by atoms with Crippen molar-refractivity contribution in [3.8, 4) is 6.07 Å². The number of rotatable bonds is 6. The van der Waals surface area contributed by atoms with Crippen LogP contribution in [0.5, 0.6) is 0 Å². The fourth-order valence-electron chi connectivity index (χ4n) is 4.48. The molecule has 2 aromatic heterocycles. The Labute approximate surface area is 199 Å². The number of hydrogen-bond acceptors (Lipinski definition) is 7. The van der Waals surface area contributed by atoms with Crippen molar-refractivity contribution in [3.05, 3.63) is 47.7 Å². The molecule has 3 N–H and O–H groups in total. The molecule has 4 rings (SSSR count). The zero-order chi connectivity index (χ0) is 25.3. The Morgan fingerprint density at radius 3 is 2.74 bits per heavy atom. The number of fused-ring (bicyclic) bond motifs is 1. The van der Waals surface area contributed by atoms with Gasteiger partial charge in [0, 0.05) is 19.3 Å². The topological polar surface area (TPSA) is 131 Å². The maximum absolute atomic E-state index is 14.5. The first-order valence-corrected chi connectivity index (χ1v) is 11.1. The van der Waals surface area contributed by atoms with E-state index in [2.05, 4.69) is 32.1 Å². The Morgan fingerprint density at radius 2 is 2.09 bits per heavy atom. The van der Waals surface area contributed by atoms with Gasteiger partial charge in [-0.2, -0.15) is 10.4 Å². The number of carbonyl (C=O) groups excluding carboxylic acids is 1. The number of aromatic nitrogens is 4. The first-order valence-electron chi connectivity index (χ1n) is 11.1. The van der Waals surface area contributed by atoms with Crippen molar-refractivity contribution in [1.82, 2.24) is 25.1 Å². The number of amides is 1. The molecule has 2 aliphatic rings. The van der Waals surface area contributed by atoms with Gasteiger partial charge in [-0.25, -0.2) is 23.1 Å². The SMILES string of the molecule is C=C(/C(C#N)=C\C=C(/C)F)[C@H]1C[C@H](F)CN1C(=O)c1n[nH]c2ncnc(N[C@@H]3C[C@@H](F)C[C@H]3O)c12. The third kappa shape index (κ3) is 4.90. The van der Waals surface area contributed by atoms with Gasteiger partial charge in [-0.1, -0.05) is 6.58 Å². The number of anilines is 1. The molecule has 0 aromatic carbocycles. The molecule has 0 bridgehead atoms. The number of hydrogen-bond donors (Lipinski definition) is 3. The second-order valence-electron chi connectivity index (χ2n) is 8.68. The quantitative estimate of drug-likeness (QED) is 0.422. The van der Waals surface area contributed by atoms with Crippen LogP contribution in [0.2, 0.25) is 0 Å². The Bertz CT molecular complexity index is 1250. The summed E-state index contributed by atoms with van der Waals surface area (Å²) in [6.45, 7) is 4.83. The van der Waals surface area contributed by atoms with Crippen molar-refractivity contribution < 1.29 is 23.1 Å². The highest BCUT2D eigenvalue weighted by atomic mass is 19.1. The minimum absolute atomic E-state index is 0.00954. The van der Waals surface area contributed by atoms with Crippen LogP contribution in [0.1, 0.15) is 36.7 Å². The average molecular weight is 487 g/mol. The van der Waals surface area contributed by atoms with Gasteiger partial charge in [0.2, 0.25) is 0 Å². The van der Waals surface area contributed by atoms with Gasteiger partial charge < -0.3 is 15.3 Å². The molecule has 2 fully saturated rings. The first-order chi connectivity index (χ1) is 16.7. The predicted octanol–water partition coefficient (Wildman–Crippen LogP) is 3.06. The summed E-state index contributed by atoms with van der Waals surface area (Å²) in [7, 11) is 0. The molecular weight excluding hydrogens is 463 g/mol. The molecule has 35 heavy (non-hydrogen) atoms. The number of aliphatic hydroxyl groups excluding tert-OH is 1. The lowest BCUT2D eigenvalue weighted by atomic mass is 9.98. The molecule has 3 heterocycles. The number of H-pyrrole nitrogens is 1. The molecule has 1 saturated heterocycles. The number of carbonyl (C=O) groups is 1. The summed E-state index contributed by atoms with van der Waals surface area (Å²) in [5.74, 6) is -0.995. The van der Waals surface area contributed by atoms with Crippen LogP contribution in [0.4, 0.5) is 19.0 Å². The van der Waals surface area contributed by atoms with Gasteiger partial charge in [0.05, 0.1) is 47.6 Å². The summed E-state index contributed by atoms with van der Waals surface area (Å²) in [6.07, 6.45) is 0.0648. The summed E-state index contributed by atoms with van der Waals surface area (Å²) in [4.78, 5) is 23.0. The minimum atomic E-state index is -1.37. The number of halogens is 3. The highest BCUT2D eigenvalue weighted by molar-refractivity contribution is 6.08. The van der Waals surface area contributed by atoms with Crippen LogP contribution in [0.15, 0.2) is 42.0 Å². The molecule has 1 amide bonds. The van der Waals surface area contributed by atoms with Gasteiger partial charge in [-0.15, -0.1) is 0 Å². The van der Waals surface area contributed by atoms with Gasteiger partial charge in [0.25, 0.3) is 5.91 Å². The van der Waals surface area contributed by atoms with Crippen LogP contribution in [0.3, 0.4) is 0 Å². The van der Waals surface area contributed by atoms with Gasteiger partial charge in [0.15, 0.2) is 11.3 Å². The lowest BCUT2D eigenvalue weighted by Crippen LogP contribution is -2.37. The van der Waals surface area contributed by atoms with E-state index >= 15 is 0 Å². The molecule has 1 aliphatic heterocycles. The van der Waals surface area contributed by atoms with Gasteiger partial charge in [-0.05, 0) is 24.6 Å². The van der Waals surface area contributed by atoms with E-state index in [-0.39, 0.29) is 59.5 Å². The summed E-state index contributed by atoms with van der Waals surface area (Å²) in [6, 6.07) is 0.441. The average Bonchev–Trinajstić information content (AvgIpc) is 3.50. The number of likely N-dealkylation sites (tertiary alicyclic amines) is 1. The lowest BCUT2D eigenvalue weighted by Gasteiger charge is -2.25. The zero-order valence-electron chi connectivity index (χ0n) is 18.9. The summed E-state index contributed by atoms with van der Waals surface area (Å²) < 4.78 is 41.4. The monoisotopic (exact) mass is 487 g/mol. The fraction of sp³-hybridized carbons (Fsp3) is 0.435. The molecule has 184 valence electrons. The van der Waals surface area contributed by atoms with Crippen LogP contribution in [-0.2, 0) is 0 Å². The second kappa shape index (κ2) is 9.87. The molecular formula is C23H24F3N7O2. The molecule has 5 atom stereocenters. The Balaban J connectivity index is 1.66. The number of aliphatic hydroxyl groups is 1. The lowest BCUT2D eigenvalue weighted by molar-refractivity contribution is 0.0745. The molecule has 0 spiro atoms. The third-order valence-electron chi connectivity index (χ3n) is 6.21. The Morgan fingerprint density at radius 1 is 1.31 bits per heavy atom. The largest absolute Gasteiger partial charge is 0.391 e. The van der Waals surface area contributed by atoms with Crippen LogP contribution < -0.4 is 5.32 Å². The molecule has 9 nitrogen and oxygen atoms in total. The van der Waals surface area contributed by atoms with Crippen LogP contribution in [-0.4, -0.2) is 73.2 Å². The number of nitrogens with one attached hydrogen (secondary N) is 2. The number of aromatic amines is 1. The molecule has 1 aliphatic carbocycles. The van der Waals surface area contributed by atoms with Gasteiger partial charge in [-0.3, -0.25) is 9.89 Å². The van der Waals surface area contributed by atoms with Crippen LogP contribution in [0, 0.1) is 11.3 Å². The number of nitrogens with zero attached hydrogens (tertiary/aromatic N) is 5. The Hall–Kier alpha value is -3.72. The van der Waals surface area contributed by atoms with Crippen LogP contribution in [0.25, 0.3) is 11.0 Å². The van der Waals surface area contributed by atoms with Crippen LogP contribution >= 0.6 is 0 Å². The smallest absolute Gasteiger partial charge is 0.275 e. The van der Waals surface area contributed by atoms with E-state index in [4.69, 9.17) is 0 Å². The van der Waals surface area contributed by atoms with Gasteiger partial charge >= 0.3 is 0 Å². The standard InChI is InChI=1S/C23H24F3N7O2/c1-11(24)3-4-13(8-27)12(2)17-6-15(26)9-33(17)23(35)20-19-21(28-10-29-22(19)32-31-20)30-16-5-14(25)7-18(16)34/h3-4,10,14-18,34H,2,5-7,9H2,1H3,(H2,28,29,30,31,32)/b11-3+,13-4-/t14-,15+,16-,17-,18-/m1/s1. The summed E-state index contributed by atoms with van der Waals surface area (Å²) >= 11 is 0. The van der Waals surface area contributed by atoms with E-state index < -0.39 is 42.3 Å². The van der Waals surface area contributed by atoms with E-state index in [1.165, 1.54) is 24.2 Å². The summed E-state index contributed by atoms with van der Waals surface area (Å²) in [5.41, 5.74) is 0.326. The second-order valence-corrected chi connectivity index (χ2v) is 8.68. The van der Waals surface area contributed by atoms with Gasteiger partial charge in [0.1, 0.15) is 24.5 Å². The Kier molecular flexibility index (Phi) is 6.88. The summed E-state index contributed by atoms with van der Waals surface area (Å²) in [5, 5.41) is 29.5. The minimum Gasteiger partial charge on any atom is -0.391 e.